The van der Waals surface area contributed by atoms with Crippen molar-refractivity contribution in [3.63, 3.8) is 0 Å². The maximum atomic E-state index is 2.24. The Morgan fingerprint density at radius 2 is 1.47 bits per heavy atom. The van der Waals surface area contributed by atoms with E-state index >= 15 is 0 Å². The highest BCUT2D eigenvalue weighted by molar-refractivity contribution is 7.19. The molecule has 0 spiro atoms. The van der Waals surface area contributed by atoms with E-state index in [1.165, 1.54) is 20.5 Å². The van der Waals surface area contributed by atoms with Gasteiger partial charge in [-0.05, 0) is 42.8 Å². The number of thiophene rings is 1. The molecule has 0 bridgehead atoms. The van der Waals surface area contributed by atoms with Gasteiger partial charge in [0.25, 0.3) is 0 Å². The number of hydrogen-bond donors (Lipinski definition) is 0. The van der Waals surface area contributed by atoms with E-state index in [2.05, 4.69) is 58.9 Å². The fraction of sp³-hybridized carbons (Fsp3) is 0.500. The van der Waals surface area contributed by atoms with Gasteiger partial charge in [0.2, 0.25) is 0 Å². The summed E-state index contributed by atoms with van der Waals surface area (Å²) in [6.45, 7) is 14.8. The molecule has 1 aromatic carbocycles. The minimum Gasteiger partial charge on any atom is -0.141 e. The molecule has 0 N–H and O–H groups in total. The fourth-order valence-corrected chi connectivity index (χ4v) is 2.29. The smallest absolute Gasteiger partial charge is 0.0348 e. The topological polar surface area (TPSA) is 0 Å². The van der Waals surface area contributed by atoms with Crippen molar-refractivity contribution < 1.29 is 0 Å². The first-order valence-corrected chi connectivity index (χ1v) is 7.27. The van der Waals surface area contributed by atoms with Gasteiger partial charge in [-0.15, -0.1) is 11.3 Å². The summed E-state index contributed by atoms with van der Waals surface area (Å²) in [4.78, 5) is 1.39. The molecule has 0 fully saturated rings. The van der Waals surface area contributed by atoms with Crippen molar-refractivity contribution in [3.05, 3.63) is 34.7 Å². The Kier molecular flexibility index (Phi) is 7.90. The van der Waals surface area contributed by atoms with Gasteiger partial charge in [0.15, 0.2) is 0 Å². The summed E-state index contributed by atoms with van der Waals surface area (Å²) < 4.78 is 1.41. The molecule has 0 radical (unpaired) electrons. The molecule has 1 aromatic heterocycles. The number of fused-ring (bicyclic) bond motifs is 1. The molecule has 0 amide bonds. The Morgan fingerprint density at radius 3 is 2.00 bits per heavy atom. The summed E-state index contributed by atoms with van der Waals surface area (Å²) in [6, 6.07) is 8.83. The Balaban J connectivity index is 0.000000368. The molecule has 1 heterocycles. The molecule has 0 atom stereocenters. The summed E-state index contributed by atoms with van der Waals surface area (Å²) in [5.74, 6) is 0.833. The molecule has 17 heavy (non-hydrogen) atoms. The van der Waals surface area contributed by atoms with E-state index in [0.717, 1.165) is 5.92 Å². The first-order valence-electron chi connectivity index (χ1n) is 6.46. The van der Waals surface area contributed by atoms with Crippen LogP contribution < -0.4 is 0 Å². The second kappa shape index (κ2) is 8.30. The van der Waals surface area contributed by atoms with Crippen LogP contribution in [0.25, 0.3) is 10.1 Å². The second-order valence-corrected chi connectivity index (χ2v) is 5.92. The molecule has 0 nitrogen and oxygen atoms in total. The van der Waals surface area contributed by atoms with Gasteiger partial charge in [-0.25, -0.2) is 0 Å². The molecule has 2 rings (SSSR count). The Hall–Kier alpha value is -0.820. The van der Waals surface area contributed by atoms with Crippen LogP contribution in [0.1, 0.15) is 45.1 Å². The van der Waals surface area contributed by atoms with E-state index in [1.54, 1.807) is 0 Å². The van der Waals surface area contributed by atoms with E-state index in [4.69, 9.17) is 0 Å². The van der Waals surface area contributed by atoms with Crippen LogP contribution in [-0.4, -0.2) is 0 Å². The first kappa shape index (κ1) is 16.2. The highest BCUT2D eigenvalue weighted by Crippen LogP contribution is 2.25. The van der Waals surface area contributed by atoms with Gasteiger partial charge in [0.05, 0.1) is 0 Å². The summed E-state index contributed by atoms with van der Waals surface area (Å²) in [7, 11) is 0. The molecule has 0 aliphatic carbocycles. The largest absolute Gasteiger partial charge is 0.141 e. The third-order valence-corrected chi connectivity index (χ3v) is 2.81. The SMILES string of the molecule is CC.CC(C)C.Cc1ccc2cc(C)sc2c1. The molecule has 0 aliphatic rings. The summed E-state index contributed by atoms with van der Waals surface area (Å²) in [5, 5.41) is 1.37. The van der Waals surface area contributed by atoms with Gasteiger partial charge < -0.3 is 0 Å². The quantitative estimate of drug-likeness (QED) is 0.521. The van der Waals surface area contributed by atoms with Gasteiger partial charge in [0.1, 0.15) is 0 Å². The lowest BCUT2D eigenvalue weighted by atomic mass is 10.2. The average molecular weight is 250 g/mol. The highest BCUT2D eigenvalue weighted by atomic mass is 32.1. The summed E-state index contributed by atoms with van der Waals surface area (Å²) in [6.07, 6.45) is 0. The van der Waals surface area contributed by atoms with Crippen LogP contribution in [0, 0.1) is 19.8 Å². The van der Waals surface area contributed by atoms with Crippen molar-refractivity contribution in [1.82, 2.24) is 0 Å². The standard InChI is InChI=1S/C10H10S.C4H10.C2H6/c1-7-3-4-9-6-8(2)11-10(9)5-7;1-4(2)3;1-2/h3-6H,1-2H3;4H,1-3H3;1-2H3. The van der Waals surface area contributed by atoms with E-state index in [-0.39, 0.29) is 0 Å². The number of aryl methyl sites for hydroxylation is 2. The third-order valence-electron chi connectivity index (χ3n) is 1.80. The van der Waals surface area contributed by atoms with Crippen LogP contribution in [0.3, 0.4) is 0 Å². The molecule has 2 aromatic rings. The van der Waals surface area contributed by atoms with Gasteiger partial charge in [0, 0.05) is 9.58 Å². The number of benzene rings is 1. The van der Waals surface area contributed by atoms with Crippen LogP contribution in [0.5, 0.6) is 0 Å². The highest BCUT2D eigenvalue weighted by Gasteiger charge is 1.96. The molecule has 0 saturated carbocycles. The van der Waals surface area contributed by atoms with E-state index in [9.17, 15) is 0 Å². The predicted octanol–water partition coefficient (Wildman–Crippen LogP) is 6.21. The van der Waals surface area contributed by atoms with Gasteiger partial charge >= 0.3 is 0 Å². The monoisotopic (exact) mass is 250 g/mol. The number of hydrogen-bond acceptors (Lipinski definition) is 1. The van der Waals surface area contributed by atoms with Crippen molar-refractivity contribution in [2.75, 3.05) is 0 Å². The zero-order valence-electron chi connectivity index (χ0n) is 12.3. The normalized spacial score (nSPS) is 9.41. The third kappa shape index (κ3) is 6.48. The molecule has 1 heteroatoms. The van der Waals surface area contributed by atoms with Crippen molar-refractivity contribution in [1.29, 1.82) is 0 Å². The van der Waals surface area contributed by atoms with Crippen LogP contribution in [0.15, 0.2) is 24.3 Å². The lowest BCUT2D eigenvalue weighted by molar-refractivity contribution is 0.737. The Morgan fingerprint density at radius 1 is 0.941 bits per heavy atom. The van der Waals surface area contributed by atoms with E-state index in [1.807, 2.05) is 25.2 Å². The minimum atomic E-state index is 0.833. The minimum absolute atomic E-state index is 0.833. The van der Waals surface area contributed by atoms with Gasteiger partial charge in [-0.3, -0.25) is 0 Å². The lowest BCUT2D eigenvalue weighted by Gasteiger charge is -1.89. The van der Waals surface area contributed by atoms with E-state index < -0.39 is 0 Å². The molecule has 0 aliphatic heterocycles. The first-order chi connectivity index (χ1) is 7.99. The molecule has 96 valence electrons. The Labute approximate surface area is 111 Å². The zero-order valence-corrected chi connectivity index (χ0v) is 13.1. The van der Waals surface area contributed by atoms with Crippen LogP contribution in [-0.2, 0) is 0 Å². The van der Waals surface area contributed by atoms with Crippen molar-refractivity contribution in [3.8, 4) is 0 Å². The molecule has 0 unspecified atom stereocenters. The van der Waals surface area contributed by atoms with Gasteiger partial charge in [-0.1, -0.05) is 46.8 Å². The maximum absolute atomic E-state index is 2.24. The predicted molar refractivity (Wildman–Crippen MR) is 83.2 cm³/mol. The second-order valence-electron chi connectivity index (χ2n) is 4.63. The summed E-state index contributed by atoms with van der Waals surface area (Å²) >= 11 is 1.87. The van der Waals surface area contributed by atoms with Crippen LogP contribution in [0.2, 0.25) is 0 Å². The van der Waals surface area contributed by atoms with Crippen LogP contribution >= 0.6 is 11.3 Å². The van der Waals surface area contributed by atoms with Crippen molar-refractivity contribution in [2.45, 2.75) is 48.5 Å². The summed E-state index contributed by atoms with van der Waals surface area (Å²) in [5.41, 5.74) is 1.35. The Bertz CT molecular complexity index is 421. The fourth-order valence-electron chi connectivity index (χ4n) is 1.27. The molecule has 0 saturated heterocycles. The number of rotatable bonds is 0. The van der Waals surface area contributed by atoms with E-state index in [0.29, 0.717) is 0 Å². The van der Waals surface area contributed by atoms with Crippen molar-refractivity contribution >= 4 is 21.4 Å². The maximum Gasteiger partial charge on any atom is 0.0348 e. The molecular formula is C16H26S. The average Bonchev–Trinajstić information content (AvgIpc) is 2.59. The molecular weight excluding hydrogens is 224 g/mol. The zero-order chi connectivity index (χ0) is 13.4. The van der Waals surface area contributed by atoms with Gasteiger partial charge in [-0.2, -0.15) is 0 Å². The van der Waals surface area contributed by atoms with Crippen molar-refractivity contribution in [2.24, 2.45) is 5.92 Å². The lowest BCUT2D eigenvalue weighted by Crippen LogP contribution is -1.66. The van der Waals surface area contributed by atoms with Crippen LogP contribution in [0.4, 0.5) is 0 Å².